The second-order valence-electron chi connectivity index (χ2n) is 4.51. The van der Waals surface area contributed by atoms with Crippen LogP contribution in [0, 0.1) is 11.9 Å². The summed E-state index contributed by atoms with van der Waals surface area (Å²) in [5, 5.41) is 3.55. The molecule has 0 saturated carbocycles. The molecular formula is C12H14ClFN2O. The van der Waals surface area contributed by atoms with Crippen molar-refractivity contribution >= 4 is 17.9 Å². The van der Waals surface area contributed by atoms with Gasteiger partial charge in [-0.1, -0.05) is 18.5 Å². The first-order valence-corrected chi connectivity index (χ1v) is 5.96. The number of rotatable bonds is 2. The molecule has 2 heterocycles. The Balaban J connectivity index is 2.53. The molecule has 0 amide bonds. The van der Waals surface area contributed by atoms with Crippen molar-refractivity contribution in [3.8, 4) is 0 Å². The summed E-state index contributed by atoms with van der Waals surface area (Å²) in [6.07, 6.45) is 2.66. The van der Waals surface area contributed by atoms with Crippen LogP contribution in [0.4, 0.5) is 4.39 Å². The maximum atomic E-state index is 13.8. The van der Waals surface area contributed by atoms with Crippen LogP contribution in [0.15, 0.2) is 12.3 Å². The van der Waals surface area contributed by atoms with Gasteiger partial charge in [0.05, 0.1) is 10.4 Å². The van der Waals surface area contributed by atoms with Crippen LogP contribution >= 0.6 is 11.6 Å². The fourth-order valence-electron chi connectivity index (χ4n) is 2.43. The lowest BCUT2D eigenvalue weighted by Crippen LogP contribution is -2.48. The first-order valence-electron chi connectivity index (χ1n) is 5.59. The molecule has 0 bridgehead atoms. The van der Waals surface area contributed by atoms with Gasteiger partial charge in [0.15, 0.2) is 0 Å². The number of aromatic nitrogens is 1. The van der Waals surface area contributed by atoms with Crippen LogP contribution in [0.1, 0.15) is 18.9 Å². The van der Waals surface area contributed by atoms with Crippen molar-refractivity contribution in [3.63, 3.8) is 0 Å². The summed E-state index contributed by atoms with van der Waals surface area (Å²) < 4.78 is 13.8. The largest absolute Gasteiger partial charge is 0.316 e. The smallest absolute Gasteiger partial charge is 0.217 e. The number of halogens is 2. The van der Waals surface area contributed by atoms with Crippen LogP contribution in [0.2, 0.25) is 5.02 Å². The van der Waals surface area contributed by atoms with E-state index in [1.807, 2.05) is 6.92 Å². The number of carbonyl (C=O) groups excluding carboxylic acids is 1. The predicted octanol–water partition coefficient (Wildman–Crippen LogP) is 1.94. The third-order valence-corrected chi connectivity index (χ3v) is 3.77. The van der Waals surface area contributed by atoms with Crippen molar-refractivity contribution in [2.45, 2.75) is 18.8 Å². The van der Waals surface area contributed by atoms with Crippen molar-refractivity contribution in [1.29, 1.82) is 0 Å². The Labute approximate surface area is 104 Å². The minimum atomic E-state index is -0.812. The van der Waals surface area contributed by atoms with Gasteiger partial charge in [0.25, 0.3) is 0 Å². The summed E-state index contributed by atoms with van der Waals surface area (Å²) in [6.45, 7) is 3.31. The molecule has 0 aromatic carbocycles. The fourth-order valence-corrected chi connectivity index (χ4v) is 2.59. The van der Waals surface area contributed by atoms with Crippen molar-refractivity contribution in [1.82, 2.24) is 10.3 Å². The Hall–Kier alpha value is -1.00. The molecule has 1 fully saturated rings. The molecule has 0 radical (unpaired) electrons. The Morgan fingerprint density at radius 3 is 3.12 bits per heavy atom. The summed E-state index contributed by atoms with van der Waals surface area (Å²) in [5.41, 5.74) is -0.498. The van der Waals surface area contributed by atoms with Crippen LogP contribution in [-0.4, -0.2) is 24.4 Å². The van der Waals surface area contributed by atoms with Gasteiger partial charge in [-0.15, -0.1) is 0 Å². The number of aldehydes is 1. The Bertz CT molecular complexity index is 441. The summed E-state index contributed by atoms with van der Waals surface area (Å²) in [4.78, 5) is 15.1. The first kappa shape index (κ1) is 12.5. The molecule has 1 aliphatic rings. The van der Waals surface area contributed by atoms with Crippen LogP contribution < -0.4 is 5.32 Å². The van der Waals surface area contributed by atoms with E-state index in [0.29, 0.717) is 30.1 Å². The van der Waals surface area contributed by atoms with Crippen LogP contribution in [0.25, 0.3) is 0 Å². The quantitative estimate of drug-likeness (QED) is 0.650. The summed E-state index contributed by atoms with van der Waals surface area (Å²) in [7, 11) is 0. The normalized spacial score (nSPS) is 29.0. The average molecular weight is 257 g/mol. The standard InChI is InChI=1S/C12H14ClFN2O/c1-8-5-15-3-2-12(8,7-17)10-4-9(13)6-16-11(10)14/h4,6-8,15H,2-3,5H2,1H3. The van der Waals surface area contributed by atoms with Gasteiger partial charge in [0, 0.05) is 11.8 Å². The van der Waals surface area contributed by atoms with Gasteiger partial charge in [0.2, 0.25) is 5.95 Å². The number of hydrogen-bond acceptors (Lipinski definition) is 3. The third kappa shape index (κ3) is 2.07. The second-order valence-corrected chi connectivity index (χ2v) is 4.94. The van der Waals surface area contributed by atoms with Crippen molar-refractivity contribution in [2.75, 3.05) is 13.1 Å². The molecule has 1 aromatic rings. The SMILES string of the molecule is CC1CNCCC1(C=O)c1cc(Cl)cnc1F. The number of nitrogens with zero attached hydrogens (tertiary/aromatic N) is 1. The Morgan fingerprint density at radius 2 is 2.47 bits per heavy atom. The van der Waals surface area contributed by atoms with Gasteiger partial charge in [-0.05, 0) is 31.5 Å². The molecular weight excluding hydrogens is 243 g/mol. The molecule has 0 aliphatic carbocycles. The van der Waals surface area contributed by atoms with Crippen LogP contribution in [0.5, 0.6) is 0 Å². The minimum Gasteiger partial charge on any atom is -0.316 e. The van der Waals surface area contributed by atoms with E-state index in [0.717, 1.165) is 6.29 Å². The molecule has 2 rings (SSSR count). The van der Waals surface area contributed by atoms with E-state index in [-0.39, 0.29) is 5.92 Å². The molecule has 2 atom stereocenters. The maximum Gasteiger partial charge on any atom is 0.217 e. The zero-order chi connectivity index (χ0) is 12.5. The number of carbonyl (C=O) groups is 1. The van der Waals surface area contributed by atoms with Crippen molar-refractivity contribution in [3.05, 3.63) is 28.8 Å². The monoisotopic (exact) mass is 256 g/mol. The molecule has 1 aliphatic heterocycles. The number of hydrogen-bond donors (Lipinski definition) is 1. The fraction of sp³-hybridized carbons (Fsp3) is 0.500. The van der Waals surface area contributed by atoms with E-state index >= 15 is 0 Å². The molecule has 92 valence electrons. The zero-order valence-electron chi connectivity index (χ0n) is 9.54. The van der Waals surface area contributed by atoms with Crippen molar-refractivity contribution < 1.29 is 9.18 Å². The molecule has 1 aromatic heterocycles. The minimum absolute atomic E-state index is 0.0171. The Morgan fingerprint density at radius 1 is 1.71 bits per heavy atom. The van der Waals surface area contributed by atoms with Gasteiger partial charge in [-0.25, -0.2) is 4.98 Å². The van der Waals surface area contributed by atoms with Gasteiger partial charge < -0.3 is 10.1 Å². The summed E-state index contributed by atoms with van der Waals surface area (Å²) >= 11 is 5.84. The summed E-state index contributed by atoms with van der Waals surface area (Å²) in [5.74, 6) is -0.584. The summed E-state index contributed by atoms with van der Waals surface area (Å²) in [6, 6.07) is 1.51. The van der Waals surface area contributed by atoms with Crippen molar-refractivity contribution in [2.24, 2.45) is 5.92 Å². The topological polar surface area (TPSA) is 42.0 Å². The maximum absolute atomic E-state index is 13.8. The molecule has 1 saturated heterocycles. The van der Waals surface area contributed by atoms with Gasteiger partial charge in [-0.2, -0.15) is 4.39 Å². The van der Waals surface area contributed by atoms with E-state index in [9.17, 15) is 9.18 Å². The molecule has 0 spiro atoms. The molecule has 3 nitrogen and oxygen atoms in total. The van der Waals surface area contributed by atoms with Gasteiger partial charge >= 0.3 is 0 Å². The third-order valence-electron chi connectivity index (χ3n) is 3.56. The number of nitrogens with one attached hydrogen (secondary N) is 1. The lowest BCUT2D eigenvalue weighted by Gasteiger charge is -2.38. The second kappa shape index (κ2) is 4.70. The predicted molar refractivity (Wildman–Crippen MR) is 63.6 cm³/mol. The highest BCUT2D eigenvalue weighted by molar-refractivity contribution is 6.30. The highest BCUT2D eigenvalue weighted by Crippen LogP contribution is 2.37. The van der Waals surface area contributed by atoms with E-state index in [4.69, 9.17) is 11.6 Å². The molecule has 17 heavy (non-hydrogen) atoms. The number of piperidine rings is 1. The Kier molecular flexibility index (Phi) is 3.45. The van der Waals surface area contributed by atoms with Gasteiger partial charge in [-0.3, -0.25) is 0 Å². The van der Waals surface area contributed by atoms with E-state index in [1.54, 1.807) is 0 Å². The van der Waals surface area contributed by atoms with Crippen LogP contribution in [0.3, 0.4) is 0 Å². The van der Waals surface area contributed by atoms with Gasteiger partial charge in [0.1, 0.15) is 6.29 Å². The lowest BCUT2D eigenvalue weighted by atomic mass is 9.68. The van der Waals surface area contributed by atoms with Crippen LogP contribution in [-0.2, 0) is 10.2 Å². The lowest BCUT2D eigenvalue weighted by molar-refractivity contribution is -0.115. The van der Waals surface area contributed by atoms with E-state index in [1.165, 1.54) is 12.3 Å². The highest BCUT2D eigenvalue weighted by Gasteiger charge is 2.42. The molecule has 5 heteroatoms. The molecule has 1 N–H and O–H groups in total. The molecule has 2 unspecified atom stereocenters. The van der Waals surface area contributed by atoms with E-state index in [2.05, 4.69) is 10.3 Å². The highest BCUT2D eigenvalue weighted by atomic mass is 35.5. The average Bonchev–Trinajstić information content (AvgIpc) is 2.33. The first-order chi connectivity index (χ1) is 8.10. The zero-order valence-corrected chi connectivity index (χ0v) is 10.3. The number of pyridine rings is 1. The van der Waals surface area contributed by atoms with E-state index < -0.39 is 11.4 Å².